The first-order valence-corrected chi connectivity index (χ1v) is 5.13. The van der Waals surface area contributed by atoms with Crippen molar-refractivity contribution in [2.45, 2.75) is 58.3 Å². The molecule has 0 bridgehead atoms. The van der Waals surface area contributed by atoms with Crippen LogP contribution in [0, 0.1) is 0 Å². The van der Waals surface area contributed by atoms with Gasteiger partial charge in [-0.2, -0.15) is 0 Å². The van der Waals surface area contributed by atoms with Crippen LogP contribution in [0.25, 0.3) is 0 Å². The van der Waals surface area contributed by atoms with Crippen LogP contribution in [0.4, 0.5) is 0 Å². The Bertz CT molecular complexity index is 98.4. The fraction of sp³-hybridized carbons (Fsp3) is 1.00. The highest BCUT2D eigenvalue weighted by atomic mass is 16.7. The zero-order chi connectivity index (χ0) is 8.81. The Morgan fingerprint density at radius 1 is 1.33 bits per heavy atom. The standard InChI is InChI=1S/C10H20O2/c1-3-6-9-7-5-8-10(12-9)11-4-2/h9-10H,3-8H2,1-2H3. The summed E-state index contributed by atoms with van der Waals surface area (Å²) in [6.45, 7) is 4.99. The minimum absolute atomic E-state index is 0.0836. The molecule has 1 rings (SSSR count). The molecule has 1 aliphatic heterocycles. The molecule has 12 heavy (non-hydrogen) atoms. The molecular weight excluding hydrogens is 152 g/mol. The molecule has 0 radical (unpaired) electrons. The van der Waals surface area contributed by atoms with Crippen LogP contribution in [0.1, 0.15) is 46.0 Å². The van der Waals surface area contributed by atoms with Crippen LogP contribution in [0.3, 0.4) is 0 Å². The summed E-state index contributed by atoms with van der Waals surface area (Å²) < 4.78 is 11.2. The fourth-order valence-electron chi connectivity index (χ4n) is 1.71. The van der Waals surface area contributed by atoms with E-state index in [2.05, 4.69) is 6.92 Å². The highest BCUT2D eigenvalue weighted by Gasteiger charge is 2.21. The topological polar surface area (TPSA) is 18.5 Å². The average molecular weight is 172 g/mol. The maximum atomic E-state index is 5.75. The molecule has 1 aliphatic rings. The van der Waals surface area contributed by atoms with Gasteiger partial charge in [0.15, 0.2) is 6.29 Å². The van der Waals surface area contributed by atoms with E-state index >= 15 is 0 Å². The van der Waals surface area contributed by atoms with E-state index in [1.54, 1.807) is 0 Å². The van der Waals surface area contributed by atoms with Crippen molar-refractivity contribution in [3.8, 4) is 0 Å². The van der Waals surface area contributed by atoms with Gasteiger partial charge in [-0.3, -0.25) is 0 Å². The van der Waals surface area contributed by atoms with Crippen molar-refractivity contribution in [3.63, 3.8) is 0 Å². The lowest BCUT2D eigenvalue weighted by Gasteiger charge is -2.29. The van der Waals surface area contributed by atoms with Gasteiger partial charge in [0.1, 0.15) is 0 Å². The van der Waals surface area contributed by atoms with E-state index < -0.39 is 0 Å². The first-order chi connectivity index (χ1) is 5.86. The molecule has 1 heterocycles. The summed E-state index contributed by atoms with van der Waals surface area (Å²) in [5, 5.41) is 0. The molecular formula is C10H20O2. The molecule has 0 saturated carbocycles. The van der Waals surface area contributed by atoms with Gasteiger partial charge in [0.2, 0.25) is 0 Å². The Hall–Kier alpha value is -0.0800. The van der Waals surface area contributed by atoms with E-state index in [1.165, 1.54) is 25.7 Å². The zero-order valence-corrected chi connectivity index (χ0v) is 8.21. The molecule has 72 valence electrons. The van der Waals surface area contributed by atoms with Gasteiger partial charge in [-0.05, 0) is 32.6 Å². The first kappa shape index (κ1) is 10.0. The summed E-state index contributed by atoms with van der Waals surface area (Å²) in [6, 6.07) is 0. The average Bonchev–Trinajstić information content (AvgIpc) is 2.06. The monoisotopic (exact) mass is 172 g/mol. The van der Waals surface area contributed by atoms with Crippen LogP contribution in [0.5, 0.6) is 0 Å². The molecule has 0 aromatic carbocycles. The van der Waals surface area contributed by atoms with E-state index in [0.29, 0.717) is 6.10 Å². The van der Waals surface area contributed by atoms with Crippen LogP contribution in [-0.2, 0) is 9.47 Å². The molecule has 2 unspecified atom stereocenters. The maximum absolute atomic E-state index is 5.75. The lowest BCUT2D eigenvalue weighted by Crippen LogP contribution is -2.29. The second kappa shape index (κ2) is 5.55. The van der Waals surface area contributed by atoms with Crippen LogP contribution in [-0.4, -0.2) is 19.0 Å². The van der Waals surface area contributed by atoms with Crippen molar-refractivity contribution >= 4 is 0 Å². The van der Waals surface area contributed by atoms with Crippen LogP contribution in [0.2, 0.25) is 0 Å². The molecule has 2 atom stereocenters. The van der Waals surface area contributed by atoms with Gasteiger partial charge in [-0.15, -0.1) is 0 Å². The third kappa shape index (κ3) is 3.11. The molecule has 1 saturated heterocycles. The summed E-state index contributed by atoms with van der Waals surface area (Å²) in [4.78, 5) is 0. The minimum Gasteiger partial charge on any atom is -0.353 e. The normalized spacial score (nSPS) is 30.5. The lowest BCUT2D eigenvalue weighted by atomic mass is 10.0. The van der Waals surface area contributed by atoms with E-state index in [0.717, 1.165) is 13.0 Å². The van der Waals surface area contributed by atoms with Gasteiger partial charge in [0, 0.05) is 6.61 Å². The highest BCUT2D eigenvalue weighted by molar-refractivity contribution is 4.65. The lowest BCUT2D eigenvalue weighted by molar-refractivity contribution is -0.192. The number of hydrogen-bond donors (Lipinski definition) is 0. The van der Waals surface area contributed by atoms with Gasteiger partial charge in [0.05, 0.1) is 6.10 Å². The molecule has 0 N–H and O–H groups in total. The molecule has 0 spiro atoms. The molecule has 0 aromatic heterocycles. The molecule has 0 amide bonds. The first-order valence-electron chi connectivity index (χ1n) is 5.13. The minimum atomic E-state index is 0.0836. The van der Waals surface area contributed by atoms with Crippen molar-refractivity contribution in [2.24, 2.45) is 0 Å². The van der Waals surface area contributed by atoms with E-state index in [1.807, 2.05) is 6.92 Å². The number of hydrogen-bond acceptors (Lipinski definition) is 2. The van der Waals surface area contributed by atoms with Gasteiger partial charge in [-0.25, -0.2) is 0 Å². The Labute approximate surface area is 75.2 Å². The predicted molar refractivity (Wildman–Crippen MR) is 49.0 cm³/mol. The predicted octanol–water partition coefficient (Wildman–Crippen LogP) is 2.72. The third-order valence-electron chi connectivity index (χ3n) is 2.27. The van der Waals surface area contributed by atoms with Gasteiger partial charge >= 0.3 is 0 Å². The van der Waals surface area contributed by atoms with Crippen molar-refractivity contribution in [1.82, 2.24) is 0 Å². The summed E-state index contributed by atoms with van der Waals surface area (Å²) in [7, 11) is 0. The van der Waals surface area contributed by atoms with Crippen molar-refractivity contribution in [2.75, 3.05) is 6.61 Å². The summed E-state index contributed by atoms with van der Waals surface area (Å²) in [5.41, 5.74) is 0. The quantitative estimate of drug-likeness (QED) is 0.649. The Morgan fingerprint density at radius 3 is 2.83 bits per heavy atom. The second-order valence-electron chi connectivity index (χ2n) is 3.36. The summed E-state index contributed by atoms with van der Waals surface area (Å²) in [6.07, 6.45) is 6.49. The van der Waals surface area contributed by atoms with Crippen molar-refractivity contribution < 1.29 is 9.47 Å². The van der Waals surface area contributed by atoms with E-state index in [-0.39, 0.29) is 6.29 Å². The van der Waals surface area contributed by atoms with Crippen molar-refractivity contribution in [1.29, 1.82) is 0 Å². The molecule has 2 nitrogen and oxygen atoms in total. The highest BCUT2D eigenvalue weighted by Crippen LogP contribution is 2.22. The van der Waals surface area contributed by atoms with E-state index in [4.69, 9.17) is 9.47 Å². The van der Waals surface area contributed by atoms with Crippen LogP contribution < -0.4 is 0 Å². The summed E-state index contributed by atoms with van der Waals surface area (Å²) in [5.74, 6) is 0. The third-order valence-corrected chi connectivity index (χ3v) is 2.27. The maximum Gasteiger partial charge on any atom is 0.157 e. The number of rotatable bonds is 4. The Balaban J connectivity index is 2.20. The fourth-order valence-corrected chi connectivity index (χ4v) is 1.71. The van der Waals surface area contributed by atoms with Crippen LogP contribution in [0.15, 0.2) is 0 Å². The molecule has 0 aliphatic carbocycles. The SMILES string of the molecule is CCCC1CCCC(OCC)O1. The van der Waals surface area contributed by atoms with Gasteiger partial charge in [0.25, 0.3) is 0 Å². The zero-order valence-electron chi connectivity index (χ0n) is 8.21. The van der Waals surface area contributed by atoms with E-state index in [9.17, 15) is 0 Å². The van der Waals surface area contributed by atoms with Crippen molar-refractivity contribution in [3.05, 3.63) is 0 Å². The summed E-state index contributed by atoms with van der Waals surface area (Å²) >= 11 is 0. The van der Waals surface area contributed by atoms with Gasteiger partial charge in [-0.1, -0.05) is 13.3 Å². The Morgan fingerprint density at radius 2 is 2.17 bits per heavy atom. The molecule has 0 aromatic rings. The largest absolute Gasteiger partial charge is 0.353 e. The van der Waals surface area contributed by atoms with Gasteiger partial charge < -0.3 is 9.47 Å². The molecule has 2 heteroatoms. The second-order valence-corrected chi connectivity index (χ2v) is 3.36. The number of ether oxygens (including phenoxy) is 2. The Kier molecular flexibility index (Phi) is 4.62. The van der Waals surface area contributed by atoms with Crippen LogP contribution >= 0.6 is 0 Å². The molecule has 1 fully saturated rings. The smallest absolute Gasteiger partial charge is 0.157 e.